The highest BCUT2D eigenvalue weighted by Gasteiger charge is 2.25. The van der Waals surface area contributed by atoms with Crippen LogP contribution in [0.1, 0.15) is 28.1 Å². The molecule has 1 fully saturated rings. The number of furan rings is 1. The van der Waals surface area contributed by atoms with Crippen LogP contribution < -0.4 is 5.32 Å². The normalized spacial score (nSPS) is 16.4. The molecule has 0 amide bonds. The van der Waals surface area contributed by atoms with E-state index in [2.05, 4.69) is 25.2 Å². The van der Waals surface area contributed by atoms with Crippen molar-refractivity contribution in [2.45, 2.75) is 13.0 Å². The maximum absolute atomic E-state index is 11.4. The fourth-order valence-corrected chi connectivity index (χ4v) is 2.77. The van der Waals surface area contributed by atoms with E-state index in [0.29, 0.717) is 25.6 Å². The lowest BCUT2D eigenvalue weighted by Crippen LogP contribution is -2.41. The summed E-state index contributed by atoms with van der Waals surface area (Å²) in [5, 5.41) is 11.2. The molecule has 1 saturated heterocycles. The summed E-state index contributed by atoms with van der Waals surface area (Å²) in [5.74, 6) is 1.88. The summed E-state index contributed by atoms with van der Waals surface area (Å²) >= 11 is 0. The summed E-state index contributed by atoms with van der Waals surface area (Å²) in [6.45, 7) is 5.66. The Balaban J connectivity index is 1.68. The third kappa shape index (κ3) is 4.34. The molecule has 3 rings (SSSR count). The number of carbonyl (C=O) groups is 1. The average molecular weight is 346 g/mol. The molecule has 1 aliphatic heterocycles. The number of hydrogen-bond acceptors (Lipinski definition) is 8. The molecule has 8 nitrogen and oxygen atoms in total. The molecule has 0 aromatic carbocycles. The first-order valence-electron chi connectivity index (χ1n) is 8.21. The van der Waals surface area contributed by atoms with Crippen molar-refractivity contribution in [1.82, 2.24) is 15.1 Å². The van der Waals surface area contributed by atoms with Crippen molar-refractivity contribution in [1.29, 1.82) is 0 Å². The third-order valence-corrected chi connectivity index (χ3v) is 4.11. The molecule has 0 unspecified atom stereocenters. The highest BCUT2D eigenvalue weighted by Crippen LogP contribution is 2.24. The standard InChI is InChI=1S/C17H22N4O4/c1-12-3-5-15(25-12)14(21-7-9-24-10-8-21)11-18-16-6-4-13(19-20-16)17(22)23-2/h3-6,14H,7-11H2,1-2H3,(H,18,20)/t14-/m0/s1. The number of hydrogen-bond donors (Lipinski definition) is 1. The summed E-state index contributed by atoms with van der Waals surface area (Å²) in [6.07, 6.45) is 0. The van der Waals surface area contributed by atoms with Crippen LogP contribution in [0.2, 0.25) is 0 Å². The summed E-state index contributed by atoms with van der Waals surface area (Å²) in [6, 6.07) is 7.33. The predicted molar refractivity (Wildman–Crippen MR) is 90.4 cm³/mol. The van der Waals surface area contributed by atoms with Crippen molar-refractivity contribution in [3.05, 3.63) is 41.5 Å². The zero-order chi connectivity index (χ0) is 17.6. The van der Waals surface area contributed by atoms with Crippen molar-refractivity contribution >= 4 is 11.8 Å². The SMILES string of the molecule is COC(=O)c1ccc(NC[C@@H](c2ccc(C)o2)N2CCOCC2)nn1. The van der Waals surface area contributed by atoms with Gasteiger partial charge in [-0.25, -0.2) is 4.79 Å². The lowest BCUT2D eigenvalue weighted by molar-refractivity contribution is 0.0143. The number of nitrogens with zero attached hydrogens (tertiary/aromatic N) is 3. The number of aryl methyl sites for hydroxylation is 1. The van der Waals surface area contributed by atoms with E-state index in [1.807, 2.05) is 19.1 Å². The number of aromatic nitrogens is 2. The highest BCUT2D eigenvalue weighted by atomic mass is 16.5. The van der Waals surface area contributed by atoms with E-state index in [4.69, 9.17) is 9.15 Å². The second kappa shape index (κ2) is 8.09. The maximum atomic E-state index is 11.4. The van der Waals surface area contributed by atoms with Crippen LogP contribution in [0, 0.1) is 6.92 Å². The molecular weight excluding hydrogens is 324 g/mol. The van der Waals surface area contributed by atoms with Gasteiger partial charge in [-0.05, 0) is 31.2 Å². The fourth-order valence-electron chi connectivity index (χ4n) is 2.77. The molecule has 1 atom stereocenters. The molecule has 2 aromatic heterocycles. The molecule has 1 N–H and O–H groups in total. The van der Waals surface area contributed by atoms with Gasteiger partial charge in [0.1, 0.15) is 17.3 Å². The number of methoxy groups -OCH3 is 1. The monoisotopic (exact) mass is 346 g/mol. The molecule has 3 heterocycles. The summed E-state index contributed by atoms with van der Waals surface area (Å²) in [5.41, 5.74) is 0.180. The number of morpholine rings is 1. The average Bonchev–Trinajstić information content (AvgIpc) is 3.09. The second-order valence-corrected chi connectivity index (χ2v) is 5.79. The Kier molecular flexibility index (Phi) is 5.62. The van der Waals surface area contributed by atoms with E-state index < -0.39 is 5.97 Å². The van der Waals surface area contributed by atoms with E-state index in [0.717, 1.165) is 24.6 Å². The minimum atomic E-state index is -0.503. The minimum Gasteiger partial charge on any atom is -0.465 e. The first-order valence-corrected chi connectivity index (χ1v) is 8.21. The van der Waals surface area contributed by atoms with Crippen molar-refractivity contribution in [3.8, 4) is 0 Å². The van der Waals surface area contributed by atoms with E-state index in [-0.39, 0.29) is 11.7 Å². The molecule has 8 heteroatoms. The van der Waals surface area contributed by atoms with Gasteiger partial charge in [0, 0.05) is 19.6 Å². The van der Waals surface area contributed by atoms with Gasteiger partial charge in [0.05, 0.1) is 26.4 Å². The minimum absolute atomic E-state index is 0.0692. The maximum Gasteiger partial charge on any atom is 0.358 e. The Labute approximate surface area is 146 Å². The van der Waals surface area contributed by atoms with Gasteiger partial charge in [-0.1, -0.05) is 0 Å². The summed E-state index contributed by atoms with van der Waals surface area (Å²) in [4.78, 5) is 13.7. The van der Waals surface area contributed by atoms with Crippen LogP contribution in [0.3, 0.4) is 0 Å². The quantitative estimate of drug-likeness (QED) is 0.790. The first-order chi connectivity index (χ1) is 12.2. The van der Waals surface area contributed by atoms with Gasteiger partial charge in [-0.2, -0.15) is 0 Å². The van der Waals surface area contributed by atoms with Crippen molar-refractivity contribution in [3.63, 3.8) is 0 Å². The highest BCUT2D eigenvalue weighted by molar-refractivity contribution is 5.86. The molecule has 1 aliphatic rings. The van der Waals surface area contributed by atoms with Gasteiger partial charge in [-0.3, -0.25) is 4.90 Å². The van der Waals surface area contributed by atoms with Crippen LogP contribution in [0.15, 0.2) is 28.7 Å². The summed E-state index contributed by atoms with van der Waals surface area (Å²) in [7, 11) is 1.31. The molecule has 0 radical (unpaired) electrons. The van der Waals surface area contributed by atoms with Crippen LogP contribution in [0.25, 0.3) is 0 Å². The van der Waals surface area contributed by atoms with E-state index >= 15 is 0 Å². The van der Waals surface area contributed by atoms with Crippen LogP contribution >= 0.6 is 0 Å². The van der Waals surface area contributed by atoms with Gasteiger partial charge in [0.15, 0.2) is 5.69 Å². The van der Waals surface area contributed by atoms with Gasteiger partial charge >= 0.3 is 5.97 Å². The van der Waals surface area contributed by atoms with Gasteiger partial charge in [-0.15, -0.1) is 10.2 Å². The van der Waals surface area contributed by atoms with Crippen LogP contribution in [0.4, 0.5) is 5.82 Å². The van der Waals surface area contributed by atoms with E-state index in [1.165, 1.54) is 7.11 Å². The fraction of sp³-hybridized carbons (Fsp3) is 0.471. The Morgan fingerprint density at radius 1 is 1.28 bits per heavy atom. The molecule has 0 spiro atoms. The topological polar surface area (TPSA) is 89.7 Å². The van der Waals surface area contributed by atoms with Crippen LogP contribution in [-0.4, -0.2) is 61.0 Å². The number of anilines is 1. The molecular formula is C17H22N4O4. The van der Waals surface area contributed by atoms with E-state index in [9.17, 15) is 4.79 Å². The Bertz CT molecular complexity index is 695. The van der Waals surface area contributed by atoms with Crippen molar-refractivity contribution < 1.29 is 18.7 Å². The van der Waals surface area contributed by atoms with Gasteiger partial charge in [0.2, 0.25) is 0 Å². The zero-order valence-electron chi connectivity index (χ0n) is 14.4. The number of rotatable bonds is 6. The first kappa shape index (κ1) is 17.4. The summed E-state index contributed by atoms with van der Waals surface area (Å²) < 4.78 is 15.9. The Hall–Kier alpha value is -2.45. The molecule has 0 aliphatic carbocycles. The molecule has 0 bridgehead atoms. The number of esters is 1. The van der Waals surface area contributed by atoms with Gasteiger partial charge in [0.25, 0.3) is 0 Å². The number of carbonyl (C=O) groups excluding carboxylic acids is 1. The Morgan fingerprint density at radius 2 is 2.08 bits per heavy atom. The van der Waals surface area contributed by atoms with Crippen LogP contribution in [0.5, 0.6) is 0 Å². The smallest absolute Gasteiger partial charge is 0.358 e. The molecule has 134 valence electrons. The molecule has 25 heavy (non-hydrogen) atoms. The number of nitrogens with one attached hydrogen (secondary N) is 1. The molecule has 2 aromatic rings. The lowest BCUT2D eigenvalue weighted by Gasteiger charge is -2.33. The lowest BCUT2D eigenvalue weighted by atomic mass is 10.1. The van der Waals surface area contributed by atoms with Crippen LogP contribution in [-0.2, 0) is 9.47 Å². The number of ether oxygens (including phenoxy) is 2. The second-order valence-electron chi connectivity index (χ2n) is 5.79. The van der Waals surface area contributed by atoms with E-state index in [1.54, 1.807) is 12.1 Å². The van der Waals surface area contributed by atoms with Crippen molar-refractivity contribution in [2.75, 3.05) is 45.3 Å². The zero-order valence-corrected chi connectivity index (χ0v) is 14.4. The third-order valence-electron chi connectivity index (χ3n) is 4.11. The largest absolute Gasteiger partial charge is 0.465 e. The van der Waals surface area contributed by atoms with Gasteiger partial charge < -0.3 is 19.2 Å². The predicted octanol–water partition coefficient (Wildman–Crippen LogP) is 1.65. The molecule has 0 saturated carbocycles. The van der Waals surface area contributed by atoms with Crippen molar-refractivity contribution in [2.24, 2.45) is 0 Å². The Morgan fingerprint density at radius 3 is 2.68 bits per heavy atom.